The number of ether oxygens (including phenoxy) is 2. The molecule has 0 saturated heterocycles. The lowest BCUT2D eigenvalue weighted by molar-refractivity contribution is -0.123. The normalized spacial score (nSPS) is 10.3. The third-order valence-corrected chi connectivity index (χ3v) is 3.46. The number of benzene rings is 1. The summed E-state index contributed by atoms with van der Waals surface area (Å²) in [6.45, 7) is 5.54. The minimum Gasteiger partial charge on any atom is -0.483 e. The monoisotopic (exact) mass is 357 g/mol. The van der Waals surface area contributed by atoms with Gasteiger partial charge in [0.05, 0.1) is 0 Å². The number of pyridine rings is 1. The van der Waals surface area contributed by atoms with Gasteiger partial charge in [0.2, 0.25) is 0 Å². The molecule has 0 spiro atoms. The van der Waals surface area contributed by atoms with Crippen molar-refractivity contribution >= 4 is 11.8 Å². The fourth-order valence-corrected chi connectivity index (χ4v) is 2.22. The second-order valence-corrected chi connectivity index (χ2v) is 5.95. The van der Waals surface area contributed by atoms with Crippen molar-refractivity contribution in [2.45, 2.75) is 26.8 Å². The number of carbonyl (C=O) groups excluding carboxylic acids is 2. The Hall–Kier alpha value is -3.09. The Morgan fingerprint density at radius 3 is 2.62 bits per heavy atom. The van der Waals surface area contributed by atoms with Gasteiger partial charge in [-0.15, -0.1) is 0 Å². The molecule has 7 heteroatoms. The van der Waals surface area contributed by atoms with E-state index in [0.717, 1.165) is 5.56 Å². The Labute approximate surface area is 152 Å². The van der Waals surface area contributed by atoms with Crippen molar-refractivity contribution in [2.24, 2.45) is 0 Å². The van der Waals surface area contributed by atoms with Gasteiger partial charge in [-0.1, -0.05) is 6.07 Å². The van der Waals surface area contributed by atoms with E-state index in [-0.39, 0.29) is 30.2 Å². The predicted molar refractivity (Wildman–Crippen MR) is 97.7 cm³/mol. The smallest absolute Gasteiger partial charge is 0.269 e. The molecule has 0 atom stereocenters. The Morgan fingerprint density at radius 2 is 1.92 bits per heavy atom. The summed E-state index contributed by atoms with van der Waals surface area (Å²) in [6, 6.07) is 8.61. The average molecular weight is 357 g/mol. The van der Waals surface area contributed by atoms with E-state index < -0.39 is 0 Å². The van der Waals surface area contributed by atoms with Crippen LogP contribution in [0.3, 0.4) is 0 Å². The molecule has 7 nitrogen and oxygen atoms in total. The number of hydrogen-bond acceptors (Lipinski definition) is 5. The number of nitrogens with one attached hydrogen (secondary N) is 2. The highest BCUT2D eigenvalue weighted by Gasteiger charge is 2.11. The van der Waals surface area contributed by atoms with Crippen LogP contribution in [0.4, 0.5) is 0 Å². The number of carbonyl (C=O) groups is 2. The van der Waals surface area contributed by atoms with Gasteiger partial charge < -0.3 is 20.1 Å². The minimum atomic E-state index is -0.291. The van der Waals surface area contributed by atoms with Crippen LogP contribution in [-0.4, -0.2) is 36.5 Å². The first-order valence-electron chi connectivity index (χ1n) is 8.28. The zero-order valence-corrected chi connectivity index (χ0v) is 15.3. The molecule has 0 fully saturated rings. The summed E-state index contributed by atoms with van der Waals surface area (Å²) in [4.78, 5) is 27.4. The van der Waals surface area contributed by atoms with Crippen molar-refractivity contribution in [1.82, 2.24) is 15.6 Å². The Kier molecular flexibility index (Phi) is 6.54. The number of hydrogen-bond donors (Lipinski definition) is 2. The van der Waals surface area contributed by atoms with E-state index in [9.17, 15) is 9.59 Å². The van der Waals surface area contributed by atoms with Crippen molar-refractivity contribution in [3.63, 3.8) is 0 Å². The number of nitrogens with zero attached hydrogens (tertiary/aromatic N) is 1. The van der Waals surface area contributed by atoms with Gasteiger partial charge >= 0.3 is 0 Å². The lowest BCUT2D eigenvalue weighted by Gasteiger charge is -2.14. The zero-order chi connectivity index (χ0) is 19.1. The highest BCUT2D eigenvalue weighted by Crippen LogP contribution is 2.31. The molecule has 1 heterocycles. The molecule has 2 rings (SSSR count). The Morgan fingerprint density at radius 1 is 1.19 bits per heavy atom. The summed E-state index contributed by atoms with van der Waals surface area (Å²) in [7, 11) is 1.54. The molecule has 0 aliphatic carbocycles. The number of aromatic nitrogens is 1. The quantitative estimate of drug-likeness (QED) is 0.794. The van der Waals surface area contributed by atoms with Crippen LogP contribution in [0.15, 0.2) is 36.5 Å². The van der Waals surface area contributed by atoms with Crippen LogP contribution >= 0.6 is 0 Å². The first-order valence-corrected chi connectivity index (χ1v) is 8.28. The average Bonchev–Trinajstić information content (AvgIpc) is 2.61. The molecule has 0 radical (unpaired) electrons. The summed E-state index contributed by atoms with van der Waals surface area (Å²) in [5.74, 6) is 1.13. The largest absolute Gasteiger partial charge is 0.483 e. The summed E-state index contributed by atoms with van der Waals surface area (Å²) < 4.78 is 11.4. The zero-order valence-electron chi connectivity index (χ0n) is 15.3. The molecular formula is C19H23N3O4. The fourth-order valence-electron chi connectivity index (χ4n) is 2.22. The second-order valence-electron chi connectivity index (χ2n) is 5.95. The van der Waals surface area contributed by atoms with Gasteiger partial charge in [0.1, 0.15) is 22.9 Å². The van der Waals surface area contributed by atoms with E-state index in [2.05, 4.69) is 15.6 Å². The highest BCUT2D eigenvalue weighted by molar-refractivity contribution is 5.92. The van der Waals surface area contributed by atoms with Gasteiger partial charge in [0, 0.05) is 30.9 Å². The van der Waals surface area contributed by atoms with Crippen molar-refractivity contribution in [3.8, 4) is 17.2 Å². The minimum absolute atomic E-state index is 0.0584. The lowest BCUT2D eigenvalue weighted by Crippen LogP contribution is -2.34. The molecule has 0 aliphatic heterocycles. The summed E-state index contributed by atoms with van der Waals surface area (Å²) in [5, 5.41) is 5.29. The molecule has 0 aliphatic rings. The van der Waals surface area contributed by atoms with Crippen LogP contribution in [0.25, 0.3) is 0 Å². The number of rotatable bonds is 7. The molecule has 2 N–H and O–H groups in total. The summed E-state index contributed by atoms with van der Waals surface area (Å²) in [6.07, 6.45) is 1.51. The van der Waals surface area contributed by atoms with Crippen molar-refractivity contribution < 1.29 is 19.1 Å². The van der Waals surface area contributed by atoms with Gasteiger partial charge in [-0.2, -0.15) is 0 Å². The van der Waals surface area contributed by atoms with Gasteiger partial charge in [-0.3, -0.25) is 14.6 Å². The van der Waals surface area contributed by atoms with E-state index in [1.165, 1.54) is 13.2 Å². The lowest BCUT2D eigenvalue weighted by atomic mass is 10.2. The van der Waals surface area contributed by atoms with Crippen molar-refractivity contribution in [3.05, 3.63) is 47.8 Å². The van der Waals surface area contributed by atoms with E-state index in [0.29, 0.717) is 17.2 Å². The maximum absolute atomic E-state index is 11.7. The van der Waals surface area contributed by atoms with Crippen LogP contribution in [0, 0.1) is 6.92 Å². The fraction of sp³-hybridized carbons (Fsp3) is 0.316. The topological polar surface area (TPSA) is 89.5 Å². The first kappa shape index (κ1) is 19.2. The van der Waals surface area contributed by atoms with E-state index >= 15 is 0 Å². The maximum atomic E-state index is 11.7. The van der Waals surface area contributed by atoms with Gasteiger partial charge in [0.25, 0.3) is 11.8 Å². The molecule has 1 aromatic heterocycles. The standard InChI is InChI=1S/C19H23N3O4/c1-12(2)22-18(23)11-25-16-6-5-7-17(13(16)3)26-14-8-9-21-15(10-14)19(24)20-4/h5-10,12H,11H2,1-4H3,(H,20,24)(H,22,23). The van der Waals surface area contributed by atoms with E-state index in [1.807, 2.05) is 20.8 Å². The molecule has 2 amide bonds. The summed E-state index contributed by atoms with van der Waals surface area (Å²) in [5.41, 5.74) is 1.02. The van der Waals surface area contributed by atoms with Gasteiger partial charge in [-0.05, 0) is 39.0 Å². The second kappa shape index (κ2) is 8.84. The third kappa shape index (κ3) is 5.20. The van der Waals surface area contributed by atoms with Crippen LogP contribution in [0.5, 0.6) is 17.2 Å². The van der Waals surface area contributed by atoms with Crippen molar-refractivity contribution in [1.29, 1.82) is 0 Å². The molecule has 138 valence electrons. The van der Waals surface area contributed by atoms with Crippen LogP contribution < -0.4 is 20.1 Å². The predicted octanol–water partition coefficient (Wildman–Crippen LogP) is 2.45. The molecule has 1 aromatic carbocycles. The van der Waals surface area contributed by atoms with E-state index in [4.69, 9.17) is 9.47 Å². The van der Waals surface area contributed by atoms with Gasteiger partial charge in [0.15, 0.2) is 6.61 Å². The first-order chi connectivity index (χ1) is 12.4. The molecular weight excluding hydrogens is 334 g/mol. The van der Waals surface area contributed by atoms with Crippen LogP contribution in [-0.2, 0) is 4.79 Å². The third-order valence-electron chi connectivity index (χ3n) is 3.46. The molecule has 0 saturated carbocycles. The van der Waals surface area contributed by atoms with Gasteiger partial charge in [-0.25, -0.2) is 0 Å². The maximum Gasteiger partial charge on any atom is 0.269 e. The number of amides is 2. The molecule has 0 bridgehead atoms. The van der Waals surface area contributed by atoms with Crippen LogP contribution in [0.2, 0.25) is 0 Å². The summed E-state index contributed by atoms with van der Waals surface area (Å²) >= 11 is 0. The Bertz CT molecular complexity index is 790. The Balaban J connectivity index is 2.11. The molecule has 0 unspecified atom stereocenters. The highest BCUT2D eigenvalue weighted by atomic mass is 16.5. The van der Waals surface area contributed by atoms with E-state index in [1.54, 1.807) is 30.3 Å². The van der Waals surface area contributed by atoms with Crippen LogP contribution in [0.1, 0.15) is 29.9 Å². The molecule has 2 aromatic rings. The SMILES string of the molecule is CNC(=O)c1cc(Oc2cccc(OCC(=O)NC(C)C)c2C)ccn1. The van der Waals surface area contributed by atoms with Crippen molar-refractivity contribution in [2.75, 3.05) is 13.7 Å². The molecule has 26 heavy (non-hydrogen) atoms.